The van der Waals surface area contributed by atoms with Crippen LogP contribution >= 0.6 is 0 Å². The van der Waals surface area contributed by atoms with Crippen molar-refractivity contribution in [2.24, 2.45) is 0 Å². The maximum Gasteiger partial charge on any atom is 0.256 e. The summed E-state index contributed by atoms with van der Waals surface area (Å²) in [6.45, 7) is 7.27. The summed E-state index contributed by atoms with van der Waals surface area (Å²) in [5.74, 6) is 0.132. The molecule has 2 saturated heterocycles. The first-order valence-electron chi connectivity index (χ1n) is 13.3. The molecule has 2 fully saturated rings. The largest absolute Gasteiger partial charge is 0.379 e. The molecule has 0 saturated carbocycles. The van der Waals surface area contributed by atoms with Crippen LogP contribution in [-0.4, -0.2) is 77.7 Å². The van der Waals surface area contributed by atoms with Gasteiger partial charge in [0.05, 0.1) is 31.5 Å². The molecule has 6 heteroatoms. The van der Waals surface area contributed by atoms with Gasteiger partial charge in [-0.3, -0.25) is 14.6 Å². The predicted octanol–water partition coefficient (Wildman–Crippen LogP) is 4.48. The van der Waals surface area contributed by atoms with Gasteiger partial charge in [0.2, 0.25) is 0 Å². The first kappa shape index (κ1) is 23.9. The molecule has 3 aromatic carbocycles. The molecule has 3 heterocycles. The zero-order valence-corrected chi connectivity index (χ0v) is 21.2. The van der Waals surface area contributed by atoms with Gasteiger partial charge in [-0.25, -0.2) is 0 Å². The maximum absolute atomic E-state index is 13.8. The lowest BCUT2D eigenvalue weighted by molar-refractivity contribution is 0.0241. The highest BCUT2D eigenvalue weighted by molar-refractivity contribution is 6.07. The van der Waals surface area contributed by atoms with E-state index in [0.29, 0.717) is 0 Å². The summed E-state index contributed by atoms with van der Waals surface area (Å²) in [6.07, 6.45) is 2.06. The second-order valence-corrected chi connectivity index (χ2v) is 9.95. The van der Waals surface area contributed by atoms with Crippen molar-refractivity contribution < 1.29 is 9.53 Å². The molecule has 6 nitrogen and oxygen atoms in total. The number of benzene rings is 3. The van der Waals surface area contributed by atoms with Crippen molar-refractivity contribution >= 4 is 16.8 Å². The SMILES string of the molecule is O=C(c1cn(CN2CCOCC2)c2ccccc12)N1CCN(C(c2ccccc2)c2ccccc2)CC1. The van der Waals surface area contributed by atoms with Crippen LogP contribution in [0.3, 0.4) is 0 Å². The number of hydrogen-bond donors (Lipinski definition) is 0. The van der Waals surface area contributed by atoms with E-state index in [1.54, 1.807) is 0 Å². The van der Waals surface area contributed by atoms with Crippen LogP contribution in [0.5, 0.6) is 0 Å². The molecule has 190 valence electrons. The molecular weight excluding hydrogens is 460 g/mol. The second-order valence-electron chi connectivity index (χ2n) is 9.95. The Labute approximate surface area is 218 Å². The third kappa shape index (κ3) is 5.05. The molecule has 0 atom stereocenters. The van der Waals surface area contributed by atoms with Gasteiger partial charge < -0.3 is 14.2 Å². The quantitative estimate of drug-likeness (QED) is 0.396. The van der Waals surface area contributed by atoms with Gasteiger partial charge in [-0.2, -0.15) is 0 Å². The van der Waals surface area contributed by atoms with Gasteiger partial charge in [0.25, 0.3) is 5.91 Å². The average molecular weight is 495 g/mol. The minimum Gasteiger partial charge on any atom is -0.379 e. The van der Waals surface area contributed by atoms with Crippen LogP contribution in [0.2, 0.25) is 0 Å². The Balaban J connectivity index is 1.20. The molecule has 6 rings (SSSR count). The van der Waals surface area contributed by atoms with E-state index in [1.165, 1.54) is 11.1 Å². The smallest absolute Gasteiger partial charge is 0.256 e. The van der Waals surface area contributed by atoms with E-state index in [4.69, 9.17) is 4.74 Å². The molecule has 0 bridgehead atoms. The van der Waals surface area contributed by atoms with Crippen molar-refractivity contribution in [3.8, 4) is 0 Å². The summed E-state index contributed by atoms with van der Waals surface area (Å²) in [4.78, 5) is 20.7. The highest BCUT2D eigenvalue weighted by atomic mass is 16.5. The summed E-state index contributed by atoms with van der Waals surface area (Å²) >= 11 is 0. The molecule has 4 aromatic rings. The van der Waals surface area contributed by atoms with Crippen molar-refractivity contribution in [2.45, 2.75) is 12.7 Å². The Bertz CT molecular complexity index is 1280. The van der Waals surface area contributed by atoms with Gasteiger partial charge in [0.15, 0.2) is 0 Å². The molecule has 1 amide bonds. The normalized spacial score (nSPS) is 17.5. The van der Waals surface area contributed by atoms with Crippen molar-refractivity contribution in [1.82, 2.24) is 19.3 Å². The Kier molecular flexibility index (Phi) is 7.04. The highest BCUT2D eigenvalue weighted by Gasteiger charge is 2.29. The van der Waals surface area contributed by atoms with Crippen LogP contribution in [0.4, 0.5) is 0 Å². The Hall–Kier alpha value is -3.45. The number of carbonyl (C=O) groups is 1. The minimum atomic E-state index is 0.132. The topological polar surface area (TPSA) is 41.0 Å². The van der Waals surface area contributed by atoms with Gasteiger partial charge in [0, 0.05) is 56.4 Å². The van der Waals surface area contributed by atoms with Gasteiger partial charge >= 0.3 is 0 Å². The molecule has 1 aromatic heterocycles. The second kappa shape index (κ2) is 10.9. The van der Waals surface area contributed by atoms with Crippen LogP contribution in [-0.2, 0) is 11.4 Å². The van der Waals surface area contributed by atoms with Crippen LogP contribution in [0, 0.1) is 0 Å². The average Bonchev–Trinajstić information content (AvgIpc) is 3.33. The summed E-state index contributed by atoms with van der Waals surface area (Å²) in [6, 6.07) is 29.9. The summed E-state index contributed by atoms with van der Waals surface area (Å²) in [5.41, 5.74) is 4.50. The lowest BCUT2D eigenvalue weighted by atomic mass is 9.96. The van der Waals surface area contributed by atoms with E-state index in [9.17, 15) is 4.79 Å². The van der Waals surface area contributed by atoms with Crippen LogP contribution < -0.4 is 0 Å². The van der Waals surface area contributed by atoms with Gasteiger partial charge in [-0.05, 0) is 17.2 Å². The predicted molar refractivity (Wildman–Crippen MR) is 147 cm³/mol. The molecule has 0 N–H and O–H groups in total. The lowest BCUT2D eigenvalue weighted by Crippen LogP contribution is -2.49. The number of carbonyl (C=O) groups excluding carboxylic acids is 1. The fraction of sp³-hybridized carbons (Fsp3) is 0.323. The standard InChI is InChI=1S/C31H34N4O2/c36-31(28-23-35(24-32-19-21-37-22-20-32)29-14-8-7-13-27(28)29)34-17-15-33(16-18-34)30(25-9-3-1-4-10-25)26-11-5-2-6-12-26/h1-14,23,30H,15-22,24H2. The molecule has 0 spiro atoms. The van der Waals surface area contributed by atoms with Crippen LogP contribution in [0.15, 0.2) is 91.1 Å². The minimum absolute atomic E-state index is 0.132. The number of piperazine rings is 1. The summed E-state index contributed by atoms with van der Waals surface area (Å²) in [5, 5.41) is 1.04. The number of aromatic nitrogens is 1. The van der Waals surface area contributed by atoms with Crippen molar-refractivity contribution in [3.63, 3.8) is 0 Å². The molecule has 37 heavy (non-hydrogen) atoms. The number of nitrogens with zero attached hydrogens (tertiary/aromatic N) is 4. The number of hydrogen-bond acceptors (Lipinski definition) is 4. The van der Waals surface area contributed by atoms with Crippen molar-refractivity contribution in [3.05, 3.63) is 108 Å². The Morgan fingerprint density at radius 3 is 1.97 bits per heavy atom. The third-order valence-corrected chi connectivity index (χ3v) is 7.67. The molecule has 0 unspecified atom stereocenters. The number of fused-ring (bicyclic) bond motifs is 1. The van der Waals surface area contributed by atoms with E-state index in [0.717, 1.165) is 75.6 Å². The first-order chi connectivity index (χ1) is 18.3. The molecule has 2 aliphatic heterocycles. The number of amides is 1. The van der Waals surface area contributed by atoms with Gasteiger partial charge in [-0.1, -0.05) is 78.9 Å². The third-order valence-electron chi connectivity index (χ3n) is 7.67. The van der Waals surface area contributed by atoms with Crippen LogP contribution in [0.25, 0.3) is 10.9 Å². The molecular formula is C31H34N4O2. The number of para-hydroxylation sites is 1. The Morgan fingerprint density at radius 1 is 0.730 bits per heavy atom. The summed E-state index contributed by atoms with van der Waals surface area (Å²) in [7, 11) is 0. The van der Waals surface area contributed by atoms with Gasteiger partial charge in [-0.15, -0.1) is 0 Å². The monoisotopic (exact) mass is 494 g/mol. The summed E-state index contributed by atoms with van der Waals surface area (Å²) < 4.78 is 7.74. The van der Waals surface area contributed by atoms with E-state index < -0.39 is 0 Å². The van der Waals surface area contributed by atoms with Crippen LogP contribution in [0.1, 0.15) is 27.5 Å². The van der Waals surface area contributed by atoms with E-state index in [2.05, 4.69) is 99.4 Å². The molecule has 2 aliphatic rings. The fourth-order valence-corrected chi connectivity index (χ4v) is 5.73. The maximum atomic E-state index is 13.8. The highest BCUT2D eigenvalue weighted by Crippen LogP contribution is 2.30. The van der Waals surface area contributed by atoms with Crippen molar-refractivity contribution in [2.75, 3.05) is 52.5 Å². The Morgan fingerprint density at radius 2 is 1.32 bits per heavy atom. The fourth-order valence-electron chi connectivity index (χ4n) is 5.73. The number of rotatable bonds is 6. The van der Waals surface area contributed by atoms with E-state index in [-0.39, 0.29) is 11.9 Å². The number of morpholine rings is 1. The van der Waals surface area contributed by atoms with E-state index in [1.807, 2.05) is 11.0 Å². The van der Waals surface area contributed by atoms with Gasteiger partial charge in [0.1, 0.15) is 0 Å². The molecule has 0 aliphatic carbocycles. The lowest BCUT2D eigenvalue weighted by Gasteiger charge is -2.39. The van der Waals surface area contributed by atoms with Crippen molar-refractivity contribution in [1.29, 1.82) is 0 Å². The van der Waals surface area contributed by atoms with E-state index >= 15 is 0 Å². The zero-order chi connectivity index (χ0) is 25.0. The zero-order valence-electron chi connectivity index (χ0n) is 21.2. The first-order valence-corrected chi connectivity index (χ1v) is 13.3. The number of ether oxygens (including phenoxy) is 1. The molecule has 0 radical (unpaired) electrons.